The first-order valence-corrected chi connectivity index (χ1v) is 4.87. The third kappa shape index (κ3) is 2.88. The molecule has 2 nitrogen and oxygen atoms in total. The molecule has 0 spiro atoms. The van der Waals surface area contributed by atoms with Gasteiger partial charge >= 0.3 is 0 Å². The van der Waals surface area contributed by atoms with E-state index < -0.39 is 5.92 Å². The zero-order chi connectivity index (χ0) is 10.6. The fraction of sp³-hybridized carbons (Fsp3) is 0.300. The van der Waals surface area contributed by atoms with Crippen LogP contribution >= 0.6 is 23.2 Å². The predicted octanol–water partition coefficient (Wildman–Crippen LogP) is 2.67. The van der Waals surface area contributed by atoms with Crippen LogP contribution < -0.4 is 0 Å². The van der Waals surface area contributed by atoms with Crippen LogP contribution in [0.2, 0.25) is 10.0 Å². The van der Waals surface area contributed by atoms with Crippen molar-refractivity contribution in [1.29, 1.82) is 5.26 Å². The zero-order valence-corrected chi connectivity index (χ0v) is 8.89. The molecule has 0 amide bonds. The number of halogens is 2. The van der Waals surface area contributed by atoms with Gasteiger partial charge in [-0.05, 0) is 30.2 Å². The summed E-state index contributed by atoms with van der Waals surface area (Å²) in [5, 5.41) is 18.7. The van der Waals surface area contributed by atoms with Gasteiger partial charge in [-0.2, -0.15) is 5.26 Å². The lowest BCUT2D eigenvalue weighted by Gasteiger charge is -2.07. The lowest BCUT2D eigenvalue weighted by Crippen LogP contribution is -2.07. The Kier molecular flexibility index (Phi) is 4.21. The Bertz CT molecular complexity index is 360. The predicted molar refractivity (Wildman–Crippen MR) is 56.4 cm³/mol. The topological polar surface area (TPSA) is 44.0 Å². The second-order valence-electron chi connectivity index (χ2n) is 2.95. The van der Waals surface area contributed by atoms with E-state index >= 15 is 0 Å². The summed E-state index contributed by atoms with van der Waals surface area (Å²) >= 11 is 11.7. The first-order chi connectivity index (χ1) is 6.67. The van der Waals surface area contributed by atoms with Crippen LogP contribution in [0, 0.1) is 17.2 Å². The van der Waals surface area contributed by atoms with Crippen molar-refractivity contribution in [2.45, 2.75) is 6.42 Å². The molecule has 4 heteroatoms. The molecule has 0 aliphatic heterocycles. The Morgan fingerprint density at radius 3 is 2.71 bits per heavy atom. The Morgan fingerprint density at radius 2 is 2.14 bits per heavy atom. The molecule has 0 saturated heterocycles. The number of aliphatic hydroxyl groups is 1. The summed E-state index contributed by atoms with van der Waals surface area (Å²) in [7, 11) is 0. The molecule has 0 fully saturated rings. The lowest BCUT2D eigenvalue weighted by molar-refractivity contribution is 0.255. The fourth-order valence-electron chi connectivity index (χ4n) is 1.12. The van der Waals surface area contributed by atoms with E-state index in [4.69, 9.17) is 33.6 Å². The van der Waals surface area contributed by atoms with Gasteiger partial charge in [-0.15, -0.1) is 0 Å². The summed E-state index contributed by atoms with van der Waals surface area (Å²) < 4.78 is 0. The summed E-state index contributed by atoms with van der Waals surface area (Å²) in [6.07, 6.45) is 0.423. The van der Waals surface area contributed by atoms with Crippen molar-refractivity contribution in [3.05, 3.63) is 33.8 Å². The van der Waals surface area contributed by atoms with Gasteiger partial charge in [-0.1, -0.05) is 23.2 Å². The Balaban J connectivity index is 2.86. The number of hydrogen-bond donors (Lipinski definition) is 1. The molecule has 0 aliphatic rings. The van der Waals surface area contributed by atoms with Gasteiger partial charge in [0.15, 0.2) is 0 Å². The smallest absolute Gasteiger partial charge is 0.0735 e. The van der Waals surface area contributed by atoms with Crippen molar-refractivity contribution >= 4 is 23.2 Å². The van der Waals surface area contributed by atoms with Gasteiger partial charge in [0.25, 0.3) is 0 Å². The van der Waals surface area contributed by atoms with Gasteiger partial charge in [-0.3, -0.25) is 0 Å². The highest BCUT2D eigenvalue weighted by Gasteiger charge is 2.09. The number of hydrogen-bond acceptors (Lipinski definition) is 2. The van der Waals surface area contributed by atoms with Crippen LogP contribution in [-0.2, 0) is 6.42 Å². The number of rotatable bonds is 3. The van der Waals surface area contributed by atoms with E-state index in [0.29, 0.717) is 16.5 Å². The zero-order valence-electron chi connectivity index (χ0n) is 7.37. The van der Waals surface area contributed by atoms with E-state index in [1.165, 1.54) is 0 Å². The molecule has 1 atom stereocenters. The van der Waals surface area contributed by atoms with Crippen LogP contribution in [0.25, 0.3) is 0 Å². The third-order valence-corrected chi connectivity index (χ3v) is 2.48. The molecule has 74 valence electrons. The maximum Gasteiger partial charge on any atom is 0.0735 e. The first-order valence-electron chi connectivity index (χ1n) is 4.11. The van der Waals surface area contributed by atoms with Crippen molar-refractivity contribution in [2.24, 2.45) is 5.92 Å². The SMILES string of the molecule is N#CC(CO)Cc1cc(Cl)ccc1Cl. The molecule has 1 N–H and O–H groups in total. The molecule has 0 radical (unpaired) electrons. The highest BCUT2D eigenvalue weighted by molar-refractivity contribution is 6.33. The third-order valence-electron chi connectivity index (χ3n) is 1.88. The molecular weight excluding hydrogens is 221 g/mol. The number of nitriles is 1. The number of aliphatic hydroxyl groups excluding tert-OH is 1. The summed E-state index contributed by atoms with van der Waals surface area (Å²) in [5.41, 5.74) is 0.791. The van der Waals surface area contributed by atoms with Crippen molar-refractivity contribution in [1.82, 2.24) is 0 Å². The van der Waals surface area contributed by atoms with Crippen LogP contribution in [0.1, 0.15) is 5.56 Å². The normalized spacial score (nSPS) is 12.1. The van der Waals surface area contributed by atoms with E-state index in [-0.39, 0.29) is 6.61 Å². The maximum absolute atomic E-state index is 8.85. The molecule has 1 aromatic rings. The van der Waals surface area contributed by atoms with Gasteiger partial charge in [0, 0.05) is 10.0 Å². The van der Waals surface area contributed by atoms with Gasteiger partial charge in [0.1, 0.15) is 0 Å². The molecule has 1 aromatic carbocycles. The monoisotopic (exact) mass is 229 g/mol. The lowest BCUT2D eigenvalue weighted by atomic mass is 10.0. The van der Waals surface area contributed by atoms with Crippen molar-refractivity contribution < 1.29 is 5.11 Å². The van der Waals surface area contributed by atoms with E-state index in [0.717, 1.165) is 5.56 Å². The molecular formula is C10H9Cl2NO. The van der Waals surface area contributed by atoms with E-state index in [9.17, 15) is 0 Å². The summed E-state index contributed by atoms with van der Waals surface area (Å²) in [6.45, 7) is -0.167. The quantitative estimate of drug-likeness (QED) is 0.867. The molecule has 14 heavy (non-hydrogen) atoms. The number of nitrogens with zero attached hydrogens (tertiary/aromatic N) is 1. The minimum absolute atomic E-state index is 0.167. The highest BCUT2D eigenvalue weighted by Crippen LogP contribution is 2.22. The molecule has 0 aromatic heterocycles. The van der Waals surface area contributed by atoms with Crippen molar-refractivity contribution in [2.75, 3.05) is 6.61 Å². The molecule has 0 saturated carbocycles. The number of benzene rings is 1. The molecule has 1 rings (SSSR count). The highest BCUT2D eigenvalue weighted by atomic mass is 35.5. The Labute approximate surface area is 92.7 Å². The van der Waals surface area contributed by atoms with E-state index in [1.54, 1.807) is 18.2 Å². The van der Waals surface area contributed by atoms with Crippen LogP contribution in [0.3, 0.4) is 0 Å². The summed E-state index contributed by atoms with van der Waals surface area (Å²) in [5.74, 6) is -0.425. The second-order valence-corrected chi connectivity index (χ2v) is 3.79. The largest absolute Gasteiger partial charge is 0.395 e. The minimum atomic E-state index is -0.425. The fourth-order valence-corrected chi connectivity index (χ4v) is 1.51. The van der Waals surface area contributed by atoms with Crippen LogP contribution in [0.5, 0.6) is 0 Å². The van der Waals surface area contributed by atoms with Crippen LogP contribution in [0.15, 0.2) is 18.2 Å². The second kappa shape index (κ2) is 5.21. The van der Waals surface area contributed by atoms with Crippen LogP contribution in [-0.4, -0.2) is 11.7 Å². The van der Waals surface area contributed by atoms with Gasteiger partial charge < -0.3 is 5.11 Å². The minimum Gasteiger partial charge on any atom is -0.395 e. The average Bonchev–Trinajstić information content (AvgIpc) is 2.19. The van der Waals surface area contributed by atoms with Gasteiger partial charge in [0.05, 0.1) is 18.6 Å². The van der Waals surface area contributed by atoms with Crippen molar-refractivity contribution in [3.63, 3.8) is 0 Å². The Hall–Kier alpha value is -0.750. The molecule has 1 unspecified atom stereocenters. The molecule has 0 bridgehead atoms. The molecule has 0 aliphatic carbocycles. The van der Waals surface area contributed by atoms with Crippen molar-refractivity contribution in [3.8, 4) is 6.07 Å². The molecule has 0 heterocycles. The maximum atomic E-state index is 8.85. The van der Waals surface area contributed by atoms with Gasteiger partial charge in [0.2, 0.25) is 0 Å². The summed E-state index contributed by atoms with van der Waals surface area (Å²) in [6, 6.07) is 7.08. The average molecular weight is 230 g/mol. The Morgan fingerprint density at radius 1 is 1.43 bits per heavy atom. The van der Waals surface area contributed by atoms with E-state index in [2.05, 4.69) is 0 Å². The van der Waals surface area contributed by atoms with Gasteiger partial charge in [-0.25, -0.2) is 0 Å². The first kappa shape index (κ1) is 11.3. The summed E-state index contributed by atoms with van der Waals surface area (Å²) in [4.78, 5) is 0. The van der Waals surface area contributed by atoms with E-state index in [1.807, 2.05) is 6.07 Å². The standard InChI is InChI=1S/C10H9Cl2NO/c11-9-1-2-10(12)8(4-9)3-7(5-13)6-14/h1-2,4,7,14H,3,6H2. The van der Waals surface area contributed by atoms with Crippen LogP contribution in [0.4, 0.5) is 0 Å².